The Kier molecular flexibility index (Phi) is 5.02. The molecule has 0 radical (unpaired) electrons. The van der Waals surface area contributed by atoms with Crippen molar-refractivity contribution in [2.24, 2.45) is 0 Å². The van der Waals surface area contributed by atoms with Crippen LogP contribution >= 0.6 is 11.6 Å². The van der Waals surface area contributed by atoms with Crippen LogP contribution in [0, 0.1) is 6.92 Å². The van der Waals surface area contributed by atoms with Gasteiger partial charge in [0.25, 0.3) is 10.0 Å². The van der Waals surface area contributed by atoms with Gasteiger partial charge in [0.2, 0.25) is 11.8 Å². The van der Waals surface area contributed by atoms with Crippen LogP contribution in [-0.2, 0) is 19.6 Å². The molecule has 0 bridgehead atoms. The minimum absolute atomic E-state index is 0.00372. The third kappa shape index (κ3) is 3.45. The molecule has 0 aromatic heterocycles. The van der Waals surface area contributed by atoms with Crippen LogP contribution in [0.1, 0.15) is 18.4 Å². The molecule has 0 saturated carbocycles. The van der Waals surface area contributed by atoms with E-state index >= 15 is 0 Å². The fraction of sp³-hybridized carbons (Fsp3) is 0.222. The van der Waals surface area contributed by atoms with Gasteiger partial charge in [-0.2, -0.15) is 0 Å². The predicted octanol–water partition coefficient (Wildman–Crippen LogP) is 2.97. The molecule has 8 heteroatoms. The van der Waals surface area contributed by atoms with Crippen LogP contribution in [0.25, 0.3) is 0 Å². The normalized spacial score (nSPS) is 17.4. The summed E-state index contributed by atoms with van der Waals surface area (Å²) in [7, 11) is -4.09. The fourth-order valence-electron chi connectivity index (χ4n) is 2.89. The number of sulfonamides is 1. The Labute approximate surface area is 156 Å². The molecule has 2 aromatic rings. The van der Waals surface area contributed by atoms with Crippen molar-refractivity contribution in [1.82, 2.24) is 4.31 Å². The molecule has 136 valence electrons. The summed E-state index contributed by atoms with van der Waals surface area (Å²) in [6.45, 7) is 1.78. The lowest BCUT2D eigenvalue weighted by Crippen LogP contribution is -2.45. The first-order valence-corrected chi connectivity index (χ1v) is 9.82. The number of carbonyl (C=O) groups excluding carboxylic acids is 2. The van der Waals surface area contributed by atoms with Gasteiger partial charge in [-0.3, -0.25) is 9.59 Å². The average Bonchev–Trinajstić information content (AvgIpc) is 3.00. The first-order valence-electron chi connectivity index (χ1n) is 8.00. The van der Waals surface area contributed by atoms with Crippen molar-refractivity contribution in [3.8, 4) is 0 Å². The zero-order valence-electron chi connectivity index (χ0n) is 14.0. The Bertz CT molecular complexity index is 960. The molecular weight excluding hydrogens is 376 g/mol. The lowest BCUT2D eigenvalue weighted by Gasteiger charge is -2.24. The molecule has 1 unspecified atom stereocenters. The highest BCUT2D eigenvalue weighted by atomic mass is 35.5. The quantitative estimate of drug-likeness (QED) is 0.867. The van der Waals surface area contributed by atoms with Gasteiger partial charge in [-0.25, -0.2) is 12.7 Å². The lowest BCUT2D eigenvalue weighted by atomic mass is 10.1. The molecule has 1 atom stereocenters. The Morgan fingerprint density at radius 2 is 1.88 bits per heavy atom. The summed E-state index contributed by atoms with van der Waals surface area (Å²) in [5.74, 6) is -1.12. The summed E-state index contributed by atoms with van der Waals surface area (Å²) in [6, 6.07) is 11.5. The van der Waals surface area contributed by atoms with E-state index in [1.54, 1.807) is 43.3 Å². The molecule has 0 spiro atoms. The van der Waals surface area contributed by atoms with Gasteiger partial charge in [0.1, 0.15) is 6.04 Å². The van der Waals surface area contributed by atoms with E-state index in [0.29, 0.717) is 15.0 Å². The Morgan fingerprint density at radius 3 is 2.54 bits per heavy atom. The smallest absolute Gasteiger partial charge is 0.267 e. The van der Waals surface area contributed by atoms with Crippen molar-refractivity contribution >= 4 is 39.1 Å². The van der Waals surface area contributed by atoms with Crippen molar-refractivity contribution < 1.29 is 18.0 Å². The molecule has 1 saturated heterocycles. The number of rotatable bonds is 4. The Balaban J connectivity index is 1.89. The molecule has 6 nitrogen and oxygen atoms in total. The number of amides is 2. The van der Waals surface area contributed by atoms with Crippen molar-refractivity contribution in [3.05, 3.63) is 59.1 Å². The lowest BCUT2D eigenvalue weighted by molar-refractivity contribution is -0.128. The number of halogens is 1. The third-order valence-corrected chi connectivity index (χ3v) is 6.29. The van der Waals surface area contributed by atoms with Crippen molar-refractivity contribution in [1.29, 1.82) is 0 Å². The molecule has 1 heterocycles. The van der Waals surface area contributed by atoms with E-state index in [0.717, 1.165) is 5.56 Å². The topological polar surface area (TPSA) is 83.6 Å². The highest BCUT2D eigenvalue weighted by molar-refractivity contribution is 7.89. The molecule has 1 aliphatic rings. The second-order valence-electron chi connectivity index (χ2n) is 6.01. The van der Waals surface area contributed by atoms with Crippen LogP contribution in [-0.4, -0.2) is 30.6 Å². The van der Waals surface area contributed by atoms with E-state index in [4.69, 9.17) is 11.6 Å². The summed E-state index contributed by atoms with van der Waals surface area (Å²) >= 11 is 5.91. The maximum Gasteiger partial charge on any atom is 0.267 e. The third-order valence-electron chi connectivity index (χ3n) is 4.21. The first-order chi connectivity index (χ1) is 12.3. The molecule has 26 heavy (non-hydrogen) atoms. The zero-order chi connectivity index (χ0) is 18.9. The van der Waals surface area contributed by atoms with E-state index in [1.807, 2.05) is 0 Å². The molecule has 2 aromatic carbocycles. The molecule has 1 aliphatic heterocycles. The standard InChI is InChI=1S/C18H17ClN2O4S/c1-12-11-13(19)7-8-15(12)20-18(23)16-9-10-17(22)21(16)26(24,25)14-5-3-2-4-6-14/h2-8,11,16H,9-10H2,1H3,(H,20,23). The SMILES string of the molecule is Cc1cc(Cl)ccc1NC(=O)C1CCC(=O)N1S(=O)(=O)c1ccccc1. The maximum absolute atomic E-state index is 12.8. The van der Waals surface area contributed by atoms with Crippen molar-refractivity contribution in [2.75, 3.05) is 5.32 Å². The number of aryl methyl sites for hydroxylation is 1. The van der Waals surface area contributed by atoms with Gasteiger partial charge in [0.05, 0.1) is 4.90 Å². The van der Waals surface area contributed by atoms with E-state index in [2.05, 4.69) is 5.32 Å². The van der Waals surface area contributed by atoms with E-state index in [1.165, 1.54) is 12.1 Å². The van der Waals surface area contributed by atoms with Crippen LogP contribution in [0.15, 0.2) is 53.4 Å². The van der Waals surface area contributed by atoms with Crippen molar-refractivity contribution in [2.45, 2.75) is 30.7 Å². The largest absolute Gasteiger partial charge is 0.324 e. The number of hydrogen-bond donors (Lipinski definition) is 1. The second-order valence-corrected chi connectivity index (χ2v) is 8.26. The van der Waals surface area contributed by atoms with Gasteiger partial charge in [-0.15, -0.1) is 0 Å². The van der Waals surface area contributed by atoms with Gasteiger partial charge in [0, 0.05) is 17.1 Å². The molecule has 0 aliphatic carbocycles. The van der Waals surface area contributed by atoms with Gasteiger partial charge in [-0.05, 0) is 49.2 Å². The van der Waals surface area contributed by atoms with Crippen LogP contribution < -0.4 is 5.32 Å². The highest BCUT2D eigenvalue weighted by Crippen LogP contribution is 2.28. The van der Waals surface area contributed by atoms with Crippen molar-refractivity contribution in [3.63, 3.8) is 0 Å². The highest BCUT2D eigenvalue weighted by Gasteiger charge is 2.44. The molecular formula is C18H17ClN2O4S. The zero-order valence-corrected chi connectivity index (χ0v) is 15.5. The molecule has 1 fully saturated rings. The summed E-state index contributed by atoms with van der Waals surface area (Å²) in [6.07, 6.45) is 0.146. The number of anilines is 1. The fourth-order valence-corrected chi connectivity index (χ4v) is 4.74. The average molecular weight is 393 g/mol. The summed E-state index contributed by atoms with van der Waals surface area (Å²) in [4.78, 5) is 24.9. The van der Waals surface area contributed by atoms with Gasteiger partial charge >= 0.3 is 0 Å². The van der Waals surface area contributed by atoms with Gasteiger partial charge in [0.15, 0.2) is 0 Å². The van der Waals surface area contributed by atoms with Gasteiger partial charge in [-0.1, -0.05) is 29.8 Å². The van der Waals surface area contributed by atoms with Crippen LogP contribution in [0.4, 0.5) is 5.69 Å². The van der Waals surface area contributed by atoms with Crippen LogP contribution in [0.3, 0.4) is 0 Å². The first kappa shape index (κ1) is 18.4. The van der Waals surface area contributed by atoms with Crippen LogP contribution in [0.2, 0.25) is 5.02 Å². The molecule has 2 amide bonds. The van der Waals surface area contributed by atoms with Gasteiger partial charge < -0.3 is 5.32 Å². The number of nitrogens with one attached hydrogen (secondary N) is 1. The predicted molar refractivity (Wildman–Crippen MR) is 98.3 cm³/mol. The maximum atomic E-state index is 12.8. The van der Waals surface area contributed by atoms with E-state index in [9.17, 15) is 18.0 Å². The summed E-state index contributed by atoms with van der Waals surface area (Å²) in [5.41, 5.74) is 1.27. The number of benzene rings is 2. The number of hydrogen-bond acceptors (Lipinski definition) is 4. The molecule has 1 N–H and O–H groups in total. The minimum atomic E-state index is -4.09. The monoisotopic (exact) mass is 392 g/mol. The molecule has 3 rings (SSSR count). The number of nitrogens with zero attached hydrogens (tertiary/aromatic N) is 1. The van der Waals surface area contributed by atoms with E-state index < -0.39 is 27.9 Å². The summed E-state index contributed by atoms with van der Waals surface area (Å²) < 4.78 is 26.4. The number of carbonyl (C=O) groups is 2. The Morgan fingerprint density at radius 1 is 1.19 bits per heavy atom. The summed E-state index contributed by atoms with van der Waals surface area (Å²) in [5, 5.41) is 3.23. The van der Waals surface area contributed by atoms with Crippen LogP contribution in [0.5, 0.6) is 0 Å². The minimum Gasteiger partial charge on any atom is -0.324 e. The Hall–Kier alpha value is -2.38. The van der Waals surface area contributed by atoms with E-state index in [-0.39, 0.29) is 17.7 Å². The second kappa shape index (κ2) is 7.09.